The number of hydrogen-bond donors (Lipinski definition) is 1. The zero-order valence-electron chi connectivity index (χ0n) is 9.38. The predicted octanol–water partition coefficient (Wildman–Crippen LogP) is 1.72. The summed E-state index contributed by atoms with van der Waals surface area (Å²) in [5.74, 6) is 0.618. The Morgan fingerprint density at radius 2 is 2.21 bits per heavy atom. The van der Waals surface area contributed by atoms with Crippen molar-refractivity contribution in [3.05, 3.63) is 0 Å². The summed E-state index contributed by atoms with van der Waals surface area (Å²) in [6.07, 6.45) is 3.10. The van der Waals surface area contributed by atoms with E-state index in [2.05, 4.69) is 19.2 Å². The van der Waals surface area contributed by atoms with Crippen LogP contribution in [0.15, 0.2) is 0 Å². The monoisotopic (exact) mass is 199 g/mol. The Balaban J connectivity index is 2.37. The van der Waals surface area contributed by atoms with Crippen molar-refractivity contribution in [1.29, 1.82) is 0 Å². The maximum Gasteiger partial charge on any atom is 0.249 e. The van der Waals surface area contributed by atoms with Crippen LogP contribution < -0.4 is 5.32 Å². The van der Waals surface area contributed by atoms with Gasteiger partial charge in [0.15, 0.2) is 0 Å². The van der Waals surface area contributed by atoms with E-state index < -0.39 is 0 Å². The van der Waals surface area contributed by atoms with Crippen LogP contribution in [0.5, 0.6) is 0 Å². The first-order valence-corrected chi connectivity index (χ1v) is 5.62. The van der Waals surface area contributed by atoms with Crippen LogP contribution in [-0.4, -0.2) is 24.7 Å². The van der Waals surface area contributed by atoms with Crippen molar-refractivity contribution in [2.45, 2.75) is 52.2 Å². The van der Waals surface area contributed by atoms with Gasteiger partial charge in [-0.2, -0.15) is 0 Å². The lowest BCUT2D eigenvalue weighted by molar-refractivity contribution is -0.132. The molecule has 82 valence electrons. The highest BCUT2D eigenvalue weighted by Gasteiger charge is 2.32. The van der Waals surface area contributed by atoms with Crippen molar-refractivity contribution in [2.75, 3.05) is 6.54 Å². The minimum Gasteiger partial charge on any atom is -0.365 e. The van der Waals surface area contributed by atoms with Gasteiger partial charge in [0.2, 0.25) is 5.91 Å². The Morgan fingerprint density at radius 1 is 1.50 bits per heavy atom. The summed E-state index contributed by atoms with van der Waals surface area (Å²) in [5, 5.41) is 2.80. The van der Waals surface area contributed by atoms with E-state index >= 15 is 0 Å². The maximum absolute atomic E-state index is 11.5. The summed E-state index contributed by atoms with van der Waals surface area (Å²) in [5.41, 5.74) is 0. The zero-order chi connectivity index (χ0) is 10.6. The number of nitrogens with one attached hydrogen (secondary N) is 1. The van der Waals surface area contributed by atoms with Gasteiger partial charge in [0.05, 0.1) is 6.10 Å². The number of carbonyl (C=O) groups is 1. The van der Waals surface area contributed by atoms with Crippen LogP contribution in [0.1, 0.15) is 40.0 Å². The van der Waals surface area contributed by atoms with Crippen molar-refractivity contribution in [1.82, 2.24) is 5.32 Å². The molecule has 3 nitrogen and oxygen atoms in total. The molecule has 0 aromatic rings. The molecule has 0 aromatic carbocycles. The highest BCUT2D eigenvalue weighted by atomic mass is 16.5. The van der Waals surface area contributed by atoms with Crippen LogP contribution in [0.25, 0.3) is 0 Å². The van der Waals surface area contributed by atoms with Crippen LogP contribution in [0.3, 0.4) is 0 Å². The van der Waals surface area contributed by atoms with Crippen molar-refractivity contribution in [2.24, 2.45) is 5.92 Å². The summed E-state index contributed by atoms with van der Waals surface area (Å²) in [4.78, 5) is 11.5. The second kappa shape index (κ2) is 5.35. The molecule has 1 fully saturated rings. The standard InChI is InChI=1S/C11H21NO2/c1-4-8(3)9-6-7-10(14-9)11(13)12-5-2/h8-10H,4-7H2,1-3H3,(H,12,13). The lowest BCUT2D eigenvalue weighted by Crippen LogP contribution is -2.35. The molecule has 1 rings (SSSR count). The number of carbonyl (C=O) groups excluding carboxylic acids is 1. The Bertz CT molecular complexity index is 194. The van der Waals surface area contributed by atoms with Crippen LogP contribution in [0.2, 0.25) is 0 Å². The third-order valence-electron chi connectivity index (χ3n) is 2.97. The van der Waals surface area contributed by atoms with Crippen LogP contribution in [-0.2, 0) is 9.53 Å². The number of amides is 1. The van der Waals surface area contributed by atoms with Gasteiger partial charge in [-0.1, -0.05) is 20.3 Å². The summed E-state index contributed by atoms with van der Waals surface area (Å²) in [6.45, 7) is 6.96. The van der Waals surface area contributed by atoms with Crippen molar-refractivity contribution >= 4 is 5.91 Å². The smallest absolute Gasteiger partial charge is 0.249 e. The molecule has 0 saturated carbocycles. The molecule has 0 bridgehead atoms. The third-order valence-corrected chi connectivity index (χ3v) is 2.97. The topological polar surface area (TPSA) is 38.3 Å². The van der Waals surface area contributed by atoms with E-state index in [0.29, 0.717) is 12.5 Å². The molecule has 3 unspecified atom stereocenters. The van der Waals surface area contributed by atoms with Gasteiger partial charge in [-0.15, -0.1) is 0 Å². The lowest BCUT2D eigenvalue weighted by atomic mass is 9.99. The molecule has 0 aromatic heterocycles. The largest absolute Gasteiger partial charge is 0.365 e. The Kier molecular flexibility index (Phi) is 4.39. The first-order chi connectivity index (χ1) is 6.69. The van der Waals surface area contributed by atoms with Crippen molar-refractivity contribution in [3.63, 3.8) is 0 Å². The van der Waals surface area contributed by atoms with Crippen LogP contribution in [0.4, 0.5) is 0 Å². The fourth-order valence-electron chi connectivity index (χ4n) is 1.83. The Labute approximate surface area is 86.2 Å². The molecule has 3 atom stereocenters. The molecule has 1 heterocycles. The lowest BCUT2D eigenvalue weighted by Gasteiger charge is -2.18. The molecule has 1 aliphatic rings. The second-order valence-electron chi connectivity index (χ2n) is 4.02. The zero-order valence-corrected chi connectivity index (χ0v) is 9.38. The fourth-order valence-corrected chi connectivity index (χ4v) is 1.83. The van der Waals surface area contributed by atoms with Crippen LogP contribution in [0, 0.1) is 5.92 Å². The molecule has 3 heteroatoms. The molecule has 14 heavy (non-hydrogen) atoms. The summed E-state index contributed by atoms with van der Waals surface area (Å²) >= 11 is 0. The Morgan fingerprint density at radius 3 is 2.79 bits per heavy atom. The molecular formula is C11H21NO2. The van der Waals surface area contributed by atoms with Crippen LogP contribution >= 0.6 is 0 Å². The Hall–Kier alpha value is -0.570. The molecule has 0 radical (unpaired) electrons. The normalized spacial score (nSPS) is 28.8. The van der Waals surface area contributed by atoms with E-state index in [4.69, 9.17) is 4.74 Å². The van der Waals surface area contributed by atoms with Crippen molar-refractivity contribution in [3.8, 4) is 0 Å². The minimum atomic E-state index is -0.200. The number of likely N-dealkylation sites (N-methyl/N-ethyl adjacent to an activating group) is 1. The third kappa shape index (κ3) is 2.71. The average molecular weight is 199 g/mol. The van der Waals surface area contributed by atoms with Gasteiger partial charge in [-0.25, -0.2) is 0 Å². The van der Waals surface area contributed by atoms with Gasteiger partial charge in [-0.3, -0.25) is 4.79 Å². The van der Waals surface area contributed by atoms with E-state index in [1.807, 2.05) is 6.92 Å². The molecular weight excluding hydrogens is 178 g/mol. The van der Waals surface area contributed by atoms with Gasteiger partial charge >= 0.3 is 0 Å². The quantitative estimate of drug-likeness (QED) is 0.748. The summed E-state index contributed by atoms with van der Waals surface area (Å²) < 4.78 is 5.72. The molecule has 1 amide bonds. The first kappa shape index (κ1) is 11.5. The molecule has 1 N–H and O–H groups in total. The van der Waals surface area contributed by atoms with Gasteiger partial charge in [0.1, 0.15) is 6.10 Å². The minimum absolute atomic E-state index is 0.0540. The van der Waals surface area contributed by atoms with E-state index in [9.17, 15) is 4.79 Å². The first-order valence-electron chi connectivity index (χ1n) is 5.62. The highest BCUT2D eigenvalue weighted by molar-refractivity contribution is 5.80. The van der Waals surface area contributed by atoms with Crippen molar-refractivity contribution < 1.29 is 9.53 Å². The molecule has 0 aliphatic carbocycles. The second-order valence-corrected chi connectivity index (χ2v) is 4.02. The SMILES string of the molecule is CCNC(=O)C1CCC(C(C)CC)O1. The van der Waals surface area contributed by atoms with Gasteiger partial charge in [0, 0.05) is 6.54 Å². The van der Waals surface area contributed by atoms with E-state index in [-0.39, 0.29) is 18.1 Å². The molecule has 1 saturated heterocycles. The molecule has 0 spiro atoms. The van der Waals surface area contributed by atoms with E-state index in [1.165, 1.54) is 0 Å². The molecule has 1 aliphatic heterocycles. The van der Waals surface area contributed by atoms with E-state index in [1.54, 1.807) is 0 Å². The number of ether oxygens (including phenoxy) is 1. The number of hydrogen-bond acceptors (Lipinski definition) is 2. The highest BCUT2D eigenvalue weighted by Crippen LogP contribution is 2.26. The maximum atomic E-state index is 11.5. The fraction of sp³-hybridized carbons (Fsp3) is 0.909. The van der Waals surface area contributed by atoms with Gasteiger partial charge in [-0.05, 0) is 25.7 Å². The number of rotatable bonds is 4. The summed E-state index contributed by atoms with van der Waals surface area (Å²) in [7, 11) is 0. The average Bonchev–Trinajstić information content (AvgIpc) is 2.66. The van der Waals surface area contributed by atoms with Gasteiger partial charge in [0.25, 0.3) is 0 Å². The predicted molar refractivity (Wildman–Crippen MR) is 56.0 cm³/mol. The summed E-state index contributed by atoms with van der Waals surface area (Å²) in [6, 6.07) is 0. The van der Waals surface area contributed by atoms with E-state index in [0.717, 1.165) is 19.3 Å². The van der Waals surface area contributed by atoms with Gasteiger partial charge < -0.3 is 10.1 Å².